The summed E-state index contributed by atoms with van der Waals surface area (Å²) in [4.78, 5) is 0. The number of hydrogen-bond acceptors (Lipinski definition) is 0. The molecule has 106 valence electrons. The summed E-state index contributed by atoms with van der Waals surface area (Å²) in [6.07, 6.45) is 1.98. The van der Waals surface area contributed by atoms with Crippen molar-refractivity contribution in [2.24, 2.45) is 0 Å². The average molecular weight is 278 g/mol. The molecular weight excluding hydrogens is 251 g/mol. The van der Waals surface area contributed by atoms with E-state index in [9.17, 15) is 0 Å². The molecule has 0 radical (unpaired) electrons. The molecule has 0 saturated carbocycles. The van der Waals surface area contributed by atoms with E-state index in [0.717, 1.165) is 5.56 Å². The Morgan fingerprint density at radius 1 is 0.947 bits per heavy atom. The van der Waals surface area contributed by atoms with Crippen molar-refractivity contribution in [1.82, 2.24) is 0 Å². The minimum absolute atomic E-state index is 0.301. The molecule has 0 aliphatic heterocycles. The van der Waals surface area contributed by atoms with E-state index in [0.29, 0.717) is 0 Å². The summed E-state index contributed by atoms with van der Waals surface area (Å²) < 4.78 is 15.7. The van der Waals surface area contributed by atoms with Crippen LogP contribution in [0.5, 0.6) is 0 Å². The lowest BCUT2D eigenvalue weighted by Crippen LogP contribution is -2.46. The lowest BCUT2D eigenvalue weighted by molar-refractivity contribution is 0.533. The first-order chi connectivity index (χ1) is 8.49. The van der Waals surface area contributed by atoms with E-state index < -0.39 is 8.41 Å². The molecule has 0 N–H and O–H groups in total. The quantitative estimate of drug-likeness (QED) is 0.455. The van der Waals surface area contributed by atoms with Crippen LogP contribution in [0.25, 0.3) is 6.08 Å². The molecule has 0 fully saturated rings. The first-order valence-corrected chi connectivity index (χ1v) is 8.88. The van der Waals surface area contributed by atoms with Gasteiger partial charge in [0, 0.05) is 0 Å². The van der Waals surface area contributed by atoms with Gasteiger partial charge in [-0.2, -0.15) is 0 Å². The lowest BCUT2D eigenvalue weighted by Gasteiger charge is -2.42. The molecule has 0 heterocycles. The Bertz CT molecular complexity index is 447. The summed E-state index contributed by atoms with van der Waals surface area (Å²) in [6, 6.07) is 8.13. The smallest absolute Gasteiger partial charge is 0.281 e. The van der Waals surface area contributed by atoms with E-state index >= 15 is 4.11 Å². The highest BCUT2D eigenvalue weighted by Crippen LogP contribution is 2.52. The van der Waals surface area contributed by atoms with Gasteiger partial charge in [0.2, 0.25) is 0 Å². The third-order valence-corrected chi connectivity index (χ3v) is 8.86. The molecule has 2 heteroatoms. The Morgan fingerprint density at radius 2 is 1.42 bits per heavy atom. The Morgan fingerprint density at radius 3 is 1.84 bits per heavy atom. The number of benzene rings is 1. The van der Waals surface area contributed by atoms with Crippen molar-refractivity contribution in [2.75, 3.05) is 0 Å². The third kappa shape index (κ3) is 3.36. The minimum Gasteiger partial charge on any atom is -0.307 e. The zero-order valence-electron chi connectivity index (χ0n) is 13.3. The van der Waals surface area contributed by atoms with Gasteiger partial charge in [0.15, 0.2) is 0 Å². The van der Waals surface area contributed by atoms with Gasteiger partial charge in [0.1, 0.15) is 0 Å². The molecule has 0 unspecified atom stereocenters. The van der Waals surface area contributed by atoms with Crippen LogP contribution in [-0.4, -0.2) is 8.41 Å². The van der Waals surface area contributed by atoms with Gasteiger partial charge >= 0.3 is 0 Å². The molecule has 0 aliphatic rings. The van der Waals surface area contributed by atoms with Gasteiger partial charge < -0.3 is 4.11 Å². The molecule has 0 amide bonds. The monoisotopic (exact) mass is 278 g/mol. The molecule has 19 heavy (non-hydrogen) atoms. The highest BCUT2D eigenvalue weighted by molar-refractivity contribution is 6.83. The van der Waals surface area contributed by atoms with Gasteiger partial charge in [-0.05, 0) is 28.1 Å². The van der Waals surface area contributed by atoms with Crippen LogP contribution < -0.4 is 0 Å². The molecular formula is C17H27FSi. The first kappa shape index (κ1) is 16.2. The van der Waals surface area contributed by atoms with E-state index in [-0.39, 0.29) is 10.1 Å². The molecule has 0 bridgehead atoms. The van der Waals surface area contributed by atoms with Crippen molar-refractivity contribution in [2.45, 2.75) is 58.5 Å². The Hall–Kier alpha value is -0.893. The van der Waals surface area contributed by atoms with E-state index in [2.05, 4.69) is 13.0 Å². The summed E-state index contributed by atoms with van der Waals surface area (Å²) in [7, 11) is -3.04. The largest absolute Gasteiger partial charge is 0.307 e. The molecule has 0 spiro atoms. The van der Waals surface area contributed by atoms with Gasteiger partial charge in [-0.3, -0.25) is 0 Å². The molecule has 0 saturated heterocycles. The van der Waals surface area contributed by atoms with Gasteiger partial charge in [0.05, 0.1) is 0 Å². The van der Waals surface area contributed by atoms with Crippen LogP contribution in [0.3, 0.4) is 0 Å². The van der Waals surface area contributed by atoms with Crippen molar-refractivity contribution in [3.63, 3.8) is 0 Å². The van der Waals surface area contributed by atoms with Crippen molar-refractivity contribution in [3.8, 4) is 0 Å². The van der Waals surface area contributed by atoms with Crippen molar-refractivity contribution >= 4 is 14.5 Å². The van der Waals surface area contributed by atoms with Crippen LogP contribution >= 0.6 is 0 Å². The fraction of sp³-hybridized carbons (Fsp3) is 0.529. The van der Waals surface area contributed by atoms with Crippen molar-refractivity contribution < 1.29 is 4.11 Å². The molecule has 0 aromatic heterocycles. The summed E-state index contributed by atoms with van der Waals surface area (Å²) in [5.74, 6) is 0. The predicted octanol–water partition coefficient (Wildman–Crippen LogP) is 6.06. The molecule has 0 nitrogen and oxygen atoms in total. The van der Waals surface area contributed by atoms with E-state index in [1.54, 1.807) is 0 Å². The second-order valence-corrected chi connectivity index (χ2v) is 12.2. The van der Waals surface area contributed by atoms with E-state index in [1.165, 1.54) is 5.56 Å². The topological polar surface area (TPSA) is 0 Å². The SMILES string of the molecule is Cc1ccccc1/C=C/[Si](F)(C(C)(C)C)C(C)(C)C. The van der Waals surface area contributed by atoms with Crippen LogP contribution in [0.1, 0.15) is 52.7 Å². The fourth-order valence-electron chi connectivity index (χ4n) is 2.60. The molecule has 0 aliphatic carbocycles. The fourth-order valence-corrected chi connectivity index (χ4v) is 6.26. The molecule has 0 atom stereocenters. The van der Waals surface area contributed by atoms with Crippen LogP contribution in [0, 0.1) is 6.92 Å². The second kappa shape index (κ2) is 5.24. The summed E-state index contributed by atoms with van der Waals surface area (Å²) in [6.45, 7) is 14.2. The molecule has 1 aromatic carbocycles. The summed E-state index contributed by atoms with van der Waals surface area (Å²) >= 11 is 0. The Kier molecular flexibility index (Phi) is 4.46. The summed E-state index contributed by atoms with van der Waals surface area (Å²) in [5.41, 5.74) is 4.19. The third-order valence-electron chi connectivity index (χ3n) is 3.86. The van der Waals surface area contributed by atoms with Gasteiger partial charge in [-0.25, -0.2) is 0 Å². The number of aryl methyl sites for hydroxylation is 1. The van der Waals surface area contributed by atoms with Crippen LogP contribution in [0.4, 0.5) is 4.11 Å². The Balaban J connectivity index is 3.21. The van der Waals surface area contributed by atoms with Gasteiger partial charge in [-0.15, -0.1) is 0 Å². The average Bonchev–Trinajstić information content (AvgIpc) is 2.24. The highest BCUT2D eigenvalue weighted by atomic mass is 28.4. The normalized spacial score (nSPS) is 14.1. The van der Waals surface area contributed by atoms with Gasteiger partial charge in [0.25, 0.3) is 8.41 Å². The number of hydrogen-bond donors (Lipinski definition) is 0. The Labute approximate surface area is 118 Å². The minimum atomic E-state index is -3.04. The lowest BCUT2D eigenvalue weighted by atomic mass is 10.1. The molecule has 1 aromatic rings. The van der Waals surface area contributed by atoms with Crippen LogP contribution in [-0.2, 0) is 0 Å². The predicted molar refractivity (Wildman–Crippen MR) is 86.5 cm³/mol. The number of halogens is 1. The maximum Gasteiger partial charge on any atom is 0.281 e. The first-order valence-electron chi connectivity index (χ1n) is 6.93. The number of rotatable bonds is 2. The standard InChI is InChI=1S/C17H27FSi/c1-14-10-8-9-11-15(14)12-13-19(18,16(2,3)4)17(5,6)7/h8-13H,1-7H3/b13-12+. The maximum absolute atomic E-state index is 15.7. The van der Waals surface area contributed by atoms with Crippen LogP contribution in [0.2, 0.25) is 10.1 Å². The molecule has 1 rings (SSSR count). The highest BCUT2D eigenvalue weighted by Gasteiger charge is 2.53. The van der Waals surface area contributed by atoms with E-state index in [4.69, 9.17) is 0 Å². The summed E-state index contributed by atoms with van der Waals surface area (Å²) in [5, 5.41) is -0.602. The zero-order valence-corrected chi connectivity index (χ0v) is 14.3. The van der Waals surface area contributed by atoms with Crippen molar-refractivity contribution in [3.05, 3.63) is 41.1 Å². The second-order valence-electron chi connectivity index (χ2n) is 7.40. The maximum atomic E-state index is 15.7. The zero-order chi connectivity index (χ0) is 14.9. The van der Waals surface area contributed by atoms with Crippen LogP contribution in [0.15, 0.2) is 30.0 Å². The van der Waals surface area contributed by atoms with Gasteiger partial charge in [-0.1, -0.05) is 77.6 Å². The van der Waals surface area contributed by atoms with Crippen molar-refractivity contribution in [1.29, 1.82) is 0 Å². The van der Waals surface area contributed by atoms with E-state index in [1.807, 2.05) is 71.5 Å².